The minimum absolute atomic E-state index is 0.0627. The number of aryl methyl sites for hydroxylation is 2. The van der Waals surface area contributed by atoms with E-state index in [9.17, 15) is 0 Å². The summed E-state index contributed by atoms with van der Waals surface area (Å²) in [5, 5.41) is 12.1. The predicted molar refractivity (Wildman–Crippen MR) is 72.4 cm³/mol. The molecule has 0 saturated heterocycles. The first kappa shape index (κ1) is 12.7. The van der Waals surface area contributed by atoms with Gasteiger partial charge in [-0.15, -0.1) is 0 Å². The number of nitrogens with zero attached hydrogens (tertiary/aromatic N) is 4. The van der Waals surface area contributed by atoms with Crippen molar-refractivity contribution in [3.8, 4) is 0 Å². The van der Waals surface area contributed by atoms with Crippen LogP contribution in [0.15, 0.2) is 18.6 Å². The summed E-state index contributed by atoms with van der Waals surface area (Å²) in [7, 11) is 3.87. The second kappa shape index (κ2) is 4.48. The molecule has 0 aliphatic carbocycles. The van der Waals surface area contributed by atoms with Crippen molar-refractivity contribution >= 4 is 5.69 Å². The highest BCUT2D eigenvalue weighted by Gasteiger charge is 2.21. The first-order valence-electron chi connectivity index (χ1n) is 6.12. The maximum Gasteiger partial charge on any atom is 0.0729 e. The largest absolute Gasteiger partial charge is 0.378 e. The summed E-state index contributed by atoms with van der Waals surface area (Å²) in [6.07, 6.45) is 5.87. The highest BCUT2D eigenvalue weighted by Crippen LogP contribution is 2.24. The summed E-state index contributed by atoms with van der Waals surface area (Å²) in [6.45, 7) is 7.32. The Morgan fingerprint density at radius 1 is 1.17 bits per heavy atom. The molecule has 5 nitrogen and oxygen atoms in total. The molecule has 0 aliphatic heterocycles. The van der Waals surface area contributed by atoms with Gasteiger partial charge in [-0.1, -0.05) is 20.8 Å². The molecule has 2 aromatic rings. The number of hydrogen-bond acceptors (Lipinski definition) is 3. The van der Waals surface area contributed by atoms with Crippen molar-refractivity contribution in [1.82, 2.24) is 19.6 Å². The zero-order valence-electron chi connectivity index (χ0n) is 11.7. The lowest BCUT2D eigenvalue weighted by Crippen LogP contribution is -2.16. The van der Waals surface area contributed by atoms with E-state index in [0.29, 0.717) is 0 Å². The maximum atomic E-state index is 4.56. The van der Waals surface area contributed by atoms with Crippen molar-refractivity contribution in [2.45, 2.75) is 32.7 Å². The van der Waals surface area contributed by atoms with Crippen LogP contribution in [-0.2, 0) is 26.1 Å². The van der Waals surface area contributed by atoms with Gasteiger partial charge in [-0.25, -0.2) is 0 Å². The molecule has 1 N–H and O–H groups in total. The molecule has 0 bridgehead atoms. The van der Waals surface area contributed by atoms with E-state index in [4.69, 9.17) is 0 Å². The molecule has 2 aromatic heterocycles. The summed E-state index contributed by atoms with van der Waals surface area (Å²) in [5.74, 6) is 0. The number of aromatic nitrogens is 4. The van der Waals surface area contributed by atoms with Crippen LogP contribution >= 0.6 is 0 Å². The van der Waals surface area contributed by atoms with E-state index in [1.807, 2.05) is 31.2 Å². The Morgan fingerprint density at radius 2 is 1.89 bits per heavy atom. The van der Waals surface area contributed by atoms with Crippen LogP contribution < -0.4 is 5.32 Å². The molecule has 0 saturated carbocycles. The van der Waals surface area contributed by atoms with Crippen molar-refractivity contribution in [2.75, 3.05) is 5.32 Å². The van der Waals surface area contributed by atoms with Crippen LogP contribution in [0.1, 0.15) is 32.0 Å². The summed E-state index contributed by atoms with van der Waals surface area (Å²) in [5.41, 5.74) is 3.46. The third kappa shape index (κ3) is 2.72. The van der Waals surface area contributed by atoms with E-state index in [1.165, 1.54) is 5.56 Å². The van der Waals surface area contributed by atoms with E-state index in [0.717, 1.165) is 17.9 Å². The summed E-state index contributed by atoms with van der Waals surface area (Å²) in [6, 6.07) is 0. The first-order chi connectivity index (χ1) is 8.36. The van der Waals surface area contributed by atoms with Gasteiger partial charge in [0.25, 0.3) is 0 Å². The van der Waals surface area contributed by atoms with Gasteiger partial charge in [0.2, 0.25) is 0 Å². The van der Waals surface area contributed by atoms with Crippen LogP contribution in [0.3, 0.4) is 0 Å². The molecule has 2 heterocycles. The van der Waals surface area contributed by atoms with Crippen LogP contribution in [0.5, 0.6) is 0 Å². The Labute approximate surface area is 108 Å². The minimum Gasteiger partial charge on any atom is -0.378 e. The highest BCUT2D eigenvalue weighted by molar-refractivity contribution is 5.40. The molecule has 0 atom stereocenters. The molecule has 0 amide bonds. The molecule has 0 aliphatic rings. The van der Waals surface area contributed by atoms with Gasteiger partial charge in [0.1, 0.15) is 0 Å². The van der Waals surface area contributed by atoms with Gasteiger partial charge in [-0.05, 0) is 0 Å². The number of nitrogens with one attached hydrogen (secondary N) is 1. The van der Waals surface area contributed by atoms with Crippen molar-refractivity contribution < 1.29 is 0 Å². The average Bonchev–Trinajstić information content (AvgIpc) is 2.81. The molecule has 0 aromatic carbocycles. The van der Waals surface area contributed by atoms with Crippen LogP contribution in [0.25, 0.3) is 0 Å². The zero-order valence-corrected chi connectivity index (χ0v) is 11.7. The molecule has 0 fully saturated rings. The molecular weight excluding hydrogens is 226 g/mol. The predicted octanol–water partition coefficient (Wildman–Crippen LogP) is 2.06. The lowest BCUT2D eigenvalue weighted by atomic mass is 9.89. The smallest absolute Gasteiger partial charge is 0.0729 e. The minimum atomic E-state index is 0.0627. The van der Waals surface area contributed by atoms with Crippen molar-refractivity contribution in [3.05, 3.63) is 29.8 Å². The molecule has 98 valence electrons. The molecule has 2 rings (SSSR count). The van der Waals surface area contributed by atoms with Crippen molar-refractivity contribution in [3.63, 3.8) is 0 Å². The fourth-order valence-electron chi connectivity index (χ4n) is 2.01. The maximum absolute atomic E-state index is 4.56. The second-order valence-corrected chi connectivity index (χ2v) is 5.68. The number of hydrogen-bond donors (Lipinski definition) is 1. The molecular formula is C13H21N5. The van der Waals surface area contributed by atoms with Gasteiger partial charge in [0, 0.05) is 44.0 Å². The average molecular weight is 247 g/mol. The Bertz CT molecular complexity index is 530. The summed E-state index contributed by atoms with van der Waals surface area (Å²) in [4.78, 5) is 0. The van der Waals surface area contributed by atoms with Gasteiger partial charge >= 0.3 is 0 Å². The van der Waals surface area contributed by atoms with E-state index in [-0.39, 0.29) is 5.41 Å². The van der Waals surface area contributed by atoms with Gasteiger partial charge < -0.3 is 5.32 Å². The number of anilines is 1. The number of rotatable bonds is 3. The second-order valence-electron chi connectivity index (χ2n) is 5.68. The standard InChI is InChI=1S/C13H21N5/c1-13(2,3)12-10(8-18(5)16-12)6-14-11-7-15-17(4)9-11/h7-9,14H,6H2,1-5H3. The Kier molecular flexibility index (Phi) is 3.15. The van der Waals surface area contributed by atoms with Crippen LogP contribution in [0, 0.1) is 0 Å². The lowest BCUT2D eigenvalue weighted by molar-refractivity contribution is 0.549. The topological polar surface area (TPSA) is 47.7 Å². The van der Waals surface area contributed by atoms with Crippen LogP contribution in [-0.4, -0.2) is 19.6 Å². The summed E-state index contributed by atoms with van der Waals surface area (Å²) < 4.78 is 3.66. The molecule has 5 heteroatoms. The Balaban J connectivity index is 2.14. The zero-order chi connectivity index (χ0) is 13.3. The quantitative estimate of drug-likeness (QED) is 0.903. The third-order valence-corrected chi connectivity index (χ3v) is 2.80. The first-order valence-corrected chi connectivity index (χ1v) is 6.12. The van der Waals surface area contributed by atoms with E-state index in [1.54, 1.807) is 4.68 Å². The van der Waals surface area contributed by atoms with E-state index < -0.39 is 0 Å². The van der Waals surface area contributed by atoms with Gasteiger partial charge in [-0.2, -0.15) is 10.2 Å². The molecule has 18 heavy (non-hydrogen) atoms. The lowest BCUT2D eigenvalue weighted by Gasteiger charge is -2.17. The van der Waals surface area contributed by atoms with Gasteiger partial charge in [0.05, 0.1) is 17.6 Å². The Morgan fingerprint density at radius 3 is 2.44 bits per heavy atom. The third-order valence-electron chi connectivity index (χ3n) is 2.80. The van der Waals surface area contributed by atoms with Gasteiger partial charge in [-0.3, -0.25) is 9.36 Å². The molecule has 0 radical (unpaired) electrons. The van der Waals surface area contributed by atoms with Crippen LogP contribution in [0.4, 0.5) is 5.69 Å². The van der Waals surface area contributed by atoms with E-state index >= 15 is 0 Å². The fraction of sp³-hybridized carbons (Fsp3) is 0.538. The van der Waals surface area contributed by atoms with Crippen molar-refractivity contribution in [2.24, 2.45) is 14.1 Å². The van der Waals surface area contributed by atoms with Crippen LogP contribution in [0.2, 0.25) is 0 Å². The van der Waals surface area contributed by atoms with Gasteiger partial charge in [0.15, 0.2) is 0 Å². The highest BCUT2D eigenvalue weighted by atomic mass is 15.3. The van der Waals surface area contributed by atoms with E-state index in [2.05, 4.69) is 42.5 Å². The SMILES string of the molecule is Cn1cc(NCc2cn(C)nc2C(C)(C)C)cn1. The molecule has 0 unspecified atom stereocenters. The fourth-order valence-corrected chi connectivity index (χ4v) is 2.01. The molecule has 0 spiro atoms. The van der Waals surface area contributed by atoms with Crippen molar-refractivity contribution in [1.29, 1.82) is 0 Å². The normalized spacial score (nSPS) is 11.8. The Hall–Kier alpha value is -1.78. The monoisotopic (exact) mass is 247 g/mol. The summed E-state index contributed by atoms with van der Waals surface area (Å²) >= 11 is 0.